The molecular formula is C17H14ClN3O4S. The number of ketones is 1. The number of hydrogen-bond acceptors (Lipinski definition) is 7. The molecule has 0 amide bonds. The zero-order valence-corrected chi connectivity index (χ0v) is 15.3. The smallest absolute Gasteiger partial charge is 0.356 e. The Morgan fingerprint density at radius 1 is 1.27 bits per heavy atom. The van der Waals surface area contributed by atoms with E-state index in [1.807, 2.05) is 6.07 Å². The minimum atomic E-state index is -0.641. The Hall–Kier alpha value is -2.58. The highest BCUT2D eigenvalue weighted by Crippen LogP contribution is 2.22. The second-order valence-corrected chi connectivity index (χ2v) is 6.38. The quantitative estimate of drug-likeness (QED) is 0.455. The second kappa shape index (κ2) is 7.76. The summed E-state index contributed by atoms with van der Waals surface area (Å²) in [4.78, 5) is 36.4. The molecule has 0 N–H and O–H groups in total. The summed E-state index contributed by atoms with van der Waals surface area (Å²) >= 11 is 6.71. The van der Waals surface area contributed by atoms with Gasteiger partial charge in [0.1, 0.15) is 11.6 Å². The zero-order valence-electron chi connectivity index (χ0n) is 13.8. The van der Waals surface area contributed by atoms with Gasteiger partial charge in [0.25, 0.3) is 0 Å². The minimum absolute atomic E-state index is 0.0300. The van der Waals surface area contributed by atoms with Crippen molar-refractivity contribution in [3.63, 3.8) is 0 Å². The van der Waals surface area contributed by atoms with Gasteiger partial charge in [0, 0.05) is 16.5 Å². The van der Waals surface area contributed by atoms with Gasteiger partial charge in [-0.2, -0.15) is 5.10 Å². The molecule has 0 aliphatic heterocycles. The van der Waals surface area contributed by atoms with Crippen molar-refractivity contribution in [2.45, 2.75) is 13.3 Å². The SMILES string of the molecule is CCOC(=O)c1cs/c(=N\N=C2\CC(=O)c3ccccc32)n1C(=O)CCl. The van der Waals surface area contributed by atoms with Crippen LogP contribution in [0.25, 0.3) is 0 Å². The number of fused-ring (bicyclic) bond motifs is 1. The summed E-state index contributed by atoms with van der Waals surface area (Å²) in [6, 6.07) is 7.13. The molecule has 134 valence electrons. The Balaban J connectivity index is 2.06. The van der Waals surface area contributed by atoms with Gasteiger partial charge in [-0.1, -0.05) is 24.3 Å². The van der Waals surface area contributed by atoms with E-state index >= 15 is 0 Å². The third-order valence-corrected chi connectivity index (χ3v) is 4.72. The molecular weight excluding hydrogens is 378 g/mol. The molecule has 0 saturated heterocycles. The highest BCUT2D eigenvalue weighted by atomic mass is 35.5. The third kappa shape index (κ3) is 3.38. The molecule has 3 rings (SSSR count). The van der Waals surface area contributed by atoms with Crippen LogP contribution in [-0.4, -0.2) is 40.4 Å². The molecule has 1 aromatic carbocycles. The van der Waals surface area contributed by atoms with Crippen LogP contribution in [0.1, 0.15) is 44.5 Å². The Kier molecular flexibility index (Phi) is 5.43. The van der Waals surface area contributed by atoms with Crippen LogP contribution in [0.4, 0.5) is 0 Å². The summed E-state index contributed by atoms with van der Waals surface area (Å²) < 4.78 is 6.03. The molecule has 1 aliphatic carbocycles. The van der Waals surface area contributed by atoms with Crippen molar-refractivity contribution in [1.29, 1.82) is 0 Å². The summed E-state index contributed by atoms with van der Waals surface area (Å²) in [6.45, 7) is 1.85. The van der Waals surface area contributed by atoms with E-state index in [1.54, 1.807) is 25.1 Å². The first-order chi connectivity index (χ1) is 12.6. The van der Waals surface area contributed by atoms with Crippen LogP contribution in [0.3, 0.4) is 0 Å². The van der Waals surface area contributed by atoms with E-state index in [2.05, 4.69) is 10.2 Å². The zero-order chi connectivity index (χ0) is 18.7. The lowest BCUT2D eigenvalue weighted by Gasteiger charge is -2.04. The number of halogens is 1. The predicted molar refractivity (Wildman–Crippen MR) is 97.1 cm³/mol. The Bertz CT molecular complexity index is 990. The van der Waals surface area contributed by atoms with Gasteiger partial charge in [0.15, 0.2) is 5.78 Å². The van der Waals surface area contributed by atoms with E-state index in [1.165, 1.54) is 5.38 Å². The average molecular weight is 392 g/mol. The first-order valence-corrected chi connectivity index (χ1v) is 9.18. The second-order valence-electron chi connectivity index (χ2n) is 5.28. The number of nitrogens with zero attached hydrogens (tertiary/aromatic N) is 3. The van der Waals surface area contributed by atoms with Gasteiger partial charge >= 0.3 is 5.97 Å². The molecule has 1 aliphatic rings. The number of thiazole rings is 1. The number of esters is 1. The predicted octanol–water partition coefficient (Wildman–Crippen LogP) is 2.50. The van der Waals surface area contributed by atoms with Crippen LogP contribution >= 0.6 is 22.9 Å². The summed E-state index contributed by atoms with van der Waals surface area (Å²) in [5, 5.41) is 9.70. The Morgan fingerprint density at radius 2 is 2.00 bits per heavy atom. The van der Waals surface area contributed by atoms with Crippen LogP contribution in [-0.2, 0) is 4.74 Å². The fourth-order valence-electron chi connectivity index (χ4n) is 2.54. The number of carbonyl (C=O) groups is 3. The number of ether oxygens (including phenoxy) is 1. The molecule has 0 spiro atoms. The third-order valence-electron chi connectivity index (χ3n) is 3.68. The largest absolute Gasteiger partial charge is 0.461 e. The molecule has 0 saturated carbocycles. The summed E-state index contributed by atoms with van der Waals surface area (Å²) in [5.74, 6) is -1.51. The molecule has 0 atom stereocenters. The molecule has 0 unspecified atom stereocenters. The van der Waals surface area contributed by atoms with Gasteiger partial charge < -0.3 is 4.74 Å². The summed E-state index contributed by atoms with van der Waals surface area (Å²) in [6.07, 6.45) is 0.141. The van der Waals surface area contributed by atoms with E-state index in [9.17, 15) is 14.4 Å². The van der Waals surface area contributed by atoms with Gasteiger partial charge in [-0.05, 0) is 6.92 Å². The van der Waals surface area contributed by atoms with Gasteiger partial charge in [0.2, 0.25) is 10.7 Å². The number of carbonyl (C=O) groups excluding carboxylic acids is 3. The number of rotatable bonds is 4. The summed E-state index contributed by atoms with van der Waals surface area (Å²) in [5.41, 5.74) is 1.88. The first-order valence-electron chi connectivity index (χ1n) is 7.76. The van der Waals surface area contributed by atoms with Crippen molar-refractivity contribution in [1.82, 2.24) is 4.57 Å². The highest BCUT2D eigenvalue weighted by Gasteiger charge is 2.25. The highest BCUT2D eigenvalue weighted by molar-refractivity contribution is 7.07. The standard InChI is InChI=1S/C17H14ClN3O4S/c1-2-25-16(24)13-9-26-17(21(13)15(23)8-18)20-19-12-7-14(22)11-6-4-3-5-10(11)12/h3-6,9H,2,7-8H2,1H3/b19-12-,20-17-. The lowest BCUT2D eigenvalue weighted by molar-refractivity contribution is 0.0508. The monoisotopic (exact) mass is 391 g/mol. The maximum Gasteiger partial charge on any atom is 0.356 e. The minimum Gasteiger partial charge on any atom is -0.461 e. The van der Waals surface area contributed by atoms with Crippen LogP contribution in [0.15, 0.2) is 39.8 Å². The average Bonchev–Trinajstić information content (AvgIpc) is 3.21. The van der Waals surface area contributed by atoms with Crippen molar-refractivity contribution in [3.8, 4) is 0 Å². The van der Waals surface area contributed by atoms with Crippen LogP contribution in [0.5, 0.6) is 0 Å². The lowest BCUT2D eigenvalue weighted by Crippen LogP contribution is -2.28. The van der Waals surface area contributed by atoms with Crippen LogP contribution in [0.2, 0.25) is 0 Å². The Labute approximate surface area is 157 Å². The van der Waals surface area contributed by atoms with E-state index < -0.39 is 11.9 Å². The van der Waals surface area contributed by atoms with E-state index in [0.29, 0.717) is 11.3 Å². The lowest BCUT2D eigenvalue weighted by atomic mass is 10.1. The van der Waals surface area contributed by atoms with E-state index in [-0.39, 0.29) is 35.2 Å². The van der Waals surface area contributed by atoms with Crippen molar-refractivity contribution < 1.29 is 19.1 Å². The molecule has 9 heteroatoms. The van der Waals surface area contributed by atoms with Gasteiger partial charge in [-0.3, -0.25) is 9.59 Å². The number of Topliss-reactive ketones (excluding diaryl/α,β-unsaturated/α-hetero) is 1. The van der Waals surface area contributed by atoms with E-state index in [0.717, 1.165) is 21.5 Å². The maximum absolute atomic E-state index is 12.1. The van der Waals surface area contributed by atoms with Crippen molar-refractivity contribution in [2.24, 2.45) is 10.2 Å². The van der Waals surface area contributed by atoms with Crippen LogP contribution in [0, 0.1) is 0 Å². The number of aromatic nitrogens is 1. The molecule has 7 nitrogen and oxygen atoms in total. The molecule has 2 aromatic rings. The van der Waals surface area contributed by atoms with Crippen molar-refractivity contribution >= 4 is 46.3 Å². The molecule has 1 heterocycles. The number of benzene rings is 1. The van der Waals surface area contributed by atoms with Gasteiger partial charge in [-0.15, -0.1) is 28.0 Å². The fraction of sp³-hybridized carbons (Fsp3) is 0.235. The molecule has 0 bridgehead atoms. The number of hydrogen-bond donors (Lipinski definition) is 0. The van der Waals surface area contributed by atoms with Gasteiger partial charge in [-0.25, -0.2) is 9.36 Å². The van der Waals surface area contributed by atoms with Gasteiger partial charge in [0.05, 0.1) is 18.7 Å². The first kappa shape index (κ1) is 18.2. The molecule has 1 aromatic heterocycles. The molecule has 26 heavy (non-hydrogen) atoms. The van der Waals surface area contributed by atoms with Crippen LogP contribution < -0.4 is 4.80 Å². The molecule has 0 radical (unpaired) electrons. The normalized spacial score (nSPS) is 15.4. The van der Waals surface area contributed by atoms with E-state index in [4.69, 9.17) is 16.3 Å². The summed E-state index contributed by atoms with van der Waals surface area (Å²) in [7, 11) is 0. The van der Waals surface area contributed by atoms with Crippen molar-refractivity contribution in [3.05, 3.63) is 51.3 Å². The topological polar surface area (TPSA) is 90.1 Å². The fourth-order valence-corrected chi connectivity index (χ4v) is 3.48. The van der Waals surface area contributed by atoms with Crippen molar-refractivity contribution in [2.75, 3.05) is 12.5 Å². The number of alkyl halides is 1. The maximum atomic E-state index is 12.1. The Morgan fingerprint density at radius 3 is 2.69 bits per heavy atom. The molecule has 0 fully saturated rings.